The minimum Gasteiger partial charge on any atom is -0.478 e. The molecule has 3 N–H and O–H groups in total. The molecule has 7 heteroatoms. The predicted molar refractivity (Wildman–Crippen MR) is 62.8 cm³/mol. The lowest BCUT2D eigenvalue weighted by Gasteiger charge is -2.07. The van der Waals surface area contributed by atoms with Gasteiger partial charge in [0.1, 0.15) is 0 Å². The van der Waals surface area contributed by atoms with Crippen LogP contribution >= 0.6 is 0 Å². The van der Waals surface area contributed by atoms with Crippen LogP contribution < -0.4 is 9.44 Å². The van der Waals surface area contributed by atoms with Gasteiger partial charge >= 0.3 is 5.97 Å². The first-order valence-corrected chi connectivity index (χ1v) is 6.49. The minimum absolute atomic E-state index is 0.0520. The summed E-state index contributed by atoms with van der Waals surface area (Å²) in [5.41, 5.74) is 0.719. The van der Waals surface area contributed by atoms with Gasteiger partial charge in [0.25, 0.3) is 10.2 Å². The Morgan fingerprint density at radius 2 is 2.06 bits per heavy atom. The quantitative estimate of drug-likeness (QED) is 0.685. The van der Waals surface area contributed by atoms with Crippen LogP contribution in [0.4, 0.5) is 0 Å². The number of rotatable bonds is 6. The molecule has 0 spiro atoms. The zero-order valence-corrected chi connectivity index (χ0v) is 10.1. The third kappa shape index (κ3) is 4.51. The molecule has 0 heterocycles. The normalized spacial score (nSPS) is 11.4. The van der Waals surface area contributed by atoms with Crippen LogP contribution in [0.15, 0.2) is 24.3 Å². The van der Waals surface area contributed by atoms with E-state index < -0.39 is 16.2 Å². The van der Waals surface area contributed by atoms with Crippen LogP contribution in [0.2, 0.25) is 0 Å². The molecule has 0 aliphatic rings. The van der Waals surface area contributed by atoms with E-state index in [0.717, 1.165) is 0 Å². The number of aromatic carboxylic acids is 1. The first-order chi connectivity index (χ1) is 7.94. The van der Waals surface area contributed by atoms with E-state index in [1.807, 2.05) is 0 Å². The highest BCUT2D eigenvalue weighted by molar-refractivity contribution is 7.87. The van der Waals surface area contributed by atoms with Gasteiger partial charge in [-0.2, -0.15) is 13.1 Å². The van der Waals surface area contributed by atoms with Crippen molar-refractivity contribution >= 4 is 16.2 Å². The highest BCUT2D eigenvalue weighted by Crippen LogP contribution is 2.05. The van der Waals surface area contributed by atoms with Gasteiger partial charge in [0.15, 0.2) is 0 Å². The SMILES string of the molecule is CCNS(=O)(=O)NCc1cccc(C(=O)O)c1. The molecule has 1 aromatic rings. The molecule has 0 saturated carbocycles. The van der Waals surface area contributed by atoms with Gasteiger partial charge in [-0.15, -0.1) is 0 Å². The fourth-order valence-corrected chi connectivity index (χ4v) is 2.07. The van der Waals surface area contributed by atoms with Crippen molar-refractivity contribution in [1.29, 1.82) is 0 Å². The molecule has 0 radical (unpaired) electrons. The lowest BCUT2D eigenvalue weighted by molar-refractivity contribution is 0.0696. The third-order valence-corrected chi connectivity index (χ3v) is 3.17. The lowest BCUT2D eigenvalue weighted by Crippen LogP contribution is -2.35. The molecule has 0 saturated heterocycles. The standard InChI is InChI=1S/C10H14N2O4S/c1-2-11-17(15,16)12-7-8-4-3-5-9(6-8)10(13)14/h3-6,11-12H,2,7H2,1H3,(H,13,14). The number of carbonyl (C=O) groups is 1. The van der Waals surface area contributed by atoms with Crippen LogP contribution in [0.5, 0.6) is 0 Å². The van der Waals surface area contributed by atoms with Crippen LogP contribution in [-0.4, -0.2) is 26.0 Å². The summed E-state index contributed by atoms with van der Waals surface area (Å²) in [6.45, 7) is 2.02. The van der Waals surface area contributed by atoms with E-state index in [2.05, 4.69) is 9.44 Å². The molecule has 1 aromatic carbocycles. The van der Waals surface area contributed by atoms with Crippen molar-refractivity contribution in [1.82, 2.24) is 9.44 Å². The first kappa shape index (κ1) is 13.6. The molecule has 1 rings (SSSR count). The number of carboxylic acid groups (broad SMARTS) is 1. The van der Waals surface area contributed by atoms with Crippen molar-refractivity contribution in [3.63, 3.8) is 0 Å². The molecule has 0 unspecified atom stereocenters. The molecule has 0 amide bonds. The Morgan fingerprint density at radius 1 is 1.35 bits per heavy atom. The zero-order valence-electron chi connectivity index (χ0n) is 9.30. The number of nitrogens with one attached hydrogen (secondary N) is 2. The van der Waals surface area contributed by atoms with Crippen molar-refractivity contribution in [2.75, 3.05) is 6.54 Å². The number of hydrogen-bond acceptors (Lipinski definition) is 3. The van der Waals surface area contributed by atoms with Gasteiger partial charge in [0, 0.05) is 13.1 Å². The van der Waals surface area contributed by atoms with Gasteiger partial charge in [0.2, 0.25) is 0 Å². The van der Waals surface area contributed by atoms with E-state index in [4.69, 9.17) is 5.11 Å². The maximum Gasteiger partial charge on any atom is 0.335 e. The Balaban J connectivity index is 2.70. The Hall–Kier alpha value is -1.44. The van der Waals surface area contributed by atoms with Crippen molar-refractivity contribution in [2.24, 2.45) is 0 Å². The Labute approximate surface area is 99.8 Å². The fourth-order valence-electron chi connectivity index (χ4n) is 1.23. The average Bonchev–Trinajstić information content (AvgIpc) is 2.27. The largest absolute Gasteiger partial charge is 0.478 e. The van der Waals surface area contributed by atoms with Crippen molar-refractivity contribution in [2.45, 2.75) is 13.5 Å². The monoisotopic (exact) mass is 258 g/mol. The molecule has 0 aliphatic heterocycles. The summed E-state index contributed by atoms with van der Waals surface area (Å²) in [6.07, 6.45) is 0. The van der Waals surface area contributed by atoms with Crippen LogP contribution in [0.25, 0.3) is 0 Å². The van der Waals surface area contributed by atoms with Gasteiger partial charge in [-0.25, -0.2) is 9.52 Å². The van der Waals surface area contributed by atoms with E-state index in [9.17, 15) is 13.2 Å². The van der Waals surface area contributed by atoms with Crippen LogP contribution in [0.1, 0.15) is 22.8 Å². The first-order valence-electron chi connectivity index (χ1n) is 5.01. The predicted octanol–water partition coefficient (Wildman–Crippen LogP) is 0.329. The summed E-state index contributed by atoms with van der Waals surface area (Å²) in [5.74, 6) is -1.04. The topological polar surface area (TPSA) is 95.5 Å². The zero-order chi connectivity index (χ0) is 12.9. The molecule has 0 atom stereocenters. The second-order valence-corrected chi connectivity index (χ2v) is 4.91. The second-order valence-electron chi connectivity index (χ2n) is 3.33. The summed E-state index contributed by atoms with van der Waals surface area (Å²) in [7, 11) is -3.51. The number of carboxylic acids is 1. The molecule has 6 nitrogen and oxygen atoms in total. The highest BCUT2D eigenvalue weighted by Gasteiger charge is 2.08. The Kier molecular flexibility index (Phi) is 4.62. The summed E-state index contributed by atoms with van der Waals surface area (Å²) in [5, 5.41) is 8.77. The summed E-state index contributed by atoms with van der Waals surface area (Å²) >= 11 is 0. The maximum absolute atomic E-state index is 11.3. The molecule has 0 fully saturated rings. The van der Waals surface area contributed by atoms with E-state index in [0.29, 0.717) is 12.1 Å². The van der Waals surface area contributed by atoms with E-state index in [-0.39, 0.29) is 12.1 Å². The number of benzene rings is 1. The lowest BCUT2D eigenvalue weighted by atomic mass is 10.1. The molecular formula is C10H14N2O4S. The molecule has 0 aromatic heterocycles. The van der Waals surface area contributed by atoms with E-state index >= 15 is 0 Å². The number of hydrogen-bond donors (Lipinski definition) is 3. The van der Waals surface area contributed by atoms with E-state index in [1.54, 1.807) is 19.1 Å². The van der Waals surface area contributed by atoms with Crippen molar-refractivity contribution < 1.29 is 18.3 Å². The molecule has 17 heavy (non-hydrogen) atoms. The average molecular weight is 258 g/mol. The fraction of sp³-hybridized carbons (Fsp3) is 0.300. The summed E-state index contributed by atoms with van der Waals surface area (Å²) in [4.78, 5) is 10.7. The molecule has 0 aliphatic carbocycles. The van der Waals surface area contributed by atoms with Crippen LogP contribution in [-0.2, 0) is 16.8 Å². The highest BCUT2D eigenvalue weighted by atomic mass is 32.2. The smallest absolute Gasteiger partial charge is 0.335 e. The Morgan fingerprint density at radius 3 is 2.65 bits per heavy atom. The van der Waals surface area contributed by atoms with Gasteiger partial charge in [0.05, 0.1) is 5.56 Å². The van der Waals surface area contributed by atoms with Crippen molar-refractivity contribution in [3.05, 3.63) is 35.4 Å². The third-order valence-electron chi connectivity index (χ3n) is 1.97. The minimum atomic E-state index is -3.51. The van der Waals surface area contributed by atoms with Gasteiger partial charge in [-0.05, 0) is 17.7 Å². The molecule has 0 bridgehead atoms. The van der Waals surface area contributed by atoms with E-state index in [1.165, 1.54) is 12.1 Å². The van der Waals surface area contributed by atoms with Crippen LogP contribution in [0.3, 0.4) is 0 Å². The molecular weight excluding hydrogens is 244 g/mol. The van der Waals surface area contributed by atoms with Gasteiger partial charge in [-0.3, -0.25) is 0 Å². The Bertz CT molecular complexity index is 499. The maximum atomic E-state index is 11.3. The second kappa shape index (κ2) is 5.76. The molecule has 94 valence electrons. The van der Waals surface area contributed by atoms with Crippen LogP contribution in [0, 0.1) is 0 Å². The van der Waals surface area contributed by atoms with Gasteiger partial charge in [-0.1, -0.05) is 19.1 Å². The summed E-state index contributed by atoms with van der Waals surface area (Å²) in [6, 6.07) is 6.10. The summed E-state index contributed by atoms with van der Waals surface area (Å²) < 4.78 is 27.2. The van der Waals surface area contributed by atoms with Gasteiger partial charge < -0.3 is 5.11 Å². The van der Waals surface area contributed by atoms with Crippen molar-refractivity contribution in [3.8, 4) is 0 Å².